The summed E-state index contributed by atoms with van der Waals surface area (Å²) in [5.41, 5.74) is 1.02. The second-order valence-corrected chi connectivity index (χ2v) is 4.45. The molecule has 3 nitrogen and oxygen atoms in total. The molecule has 0 bridgehead atoms. The van der Waals surface area contributed by atoms with E-state index in [4.69, 9.17) is 0 Å². The highest BCUT2D eigenvalue weighted by molar-refractivity contribution is 7.99. The number of hydrogen-bond donors (Lipinski definition) is 1. The number of thioether (sulfide) groups is 1. The SMILES string of the molecule is C=C(C)CN(C)C(=O)C1CSCN1. The molecule has 1 aliphatic rings. The number of rotatable bonds is 3. The molecule has 0 saturated carbocycles. The maximum absolute atomic E-state index is 11.7. The van der Waals surface area contributed by atoms with Crippen LogP contribution in [0, 0.1) is 0 Å². The van der Waals surface area contributed by atoms with E-state index in [1.54, 1.807) is 16.7 Å². The van der Waals surface area contributed by atoms with Crippen LogP contribution < -0.4 is 5.32 Å². The third-order valence-electron chi connectivity index (χ3n) is 1.90. The monoisotopic (exact) mass is 200 g/mol. The first-order valence-electron chi connectivity index (χ1n) is 4.31. The van der Waals surface area contributed by atoms with Gasteiger partial charge in [-0.3, -0.25) is 10.1 Å². The highest BCUT2D eigenvalue weighted by Gasteiger charge is 2.24. The van der Waals surface area contributed by atoms with Crippen molar-refractivity contribution in [2.75, 3.05) is 25.2 Å². The van der Waals surface area contributed by atoms with E-state index in [2.05, 4.69) is 11.9 Å². The Hall–Kier alpha value is -0.480. The summed E-state index contributed by atoms with van der Waals surface area (Å²) in [7, 11) is 1.82. The van der Waals surface area contributed by atoms with E-state index in [-0.39, 0.29) is 11.9 Å². The lowest BCUT2D eigenvalue weighted by atomic mass is 10.2. The van der Waals surface area contributed by atoms with Gasteiger partial charge in [0.05, 0.1) is 6.04 Å². The zero-order valence-electron chi connectivity index (χ0n) is 8.17. The quantitative estimate of drug-likeness (QED) is 0.680. The van der Waals surface area contributed by atoms with Gasteiger partial charge < -0.3 is 4.90 Å². The molecule has 1 aliphatic heterocycles. The molecule has 1 N–H and O–H groups in total. The van der Waals surface area contributed by atoms with Gasteiger partial charge in [-0.05, 0) is 6.92 Å². The lowest BCUT2D eigenvalue weighted by Gasteiger charge is -2.20. The van der Waals surface area contributed by atoms with Crippen molar-refractivity contribution in [2.45, 2.75) is 13.0 Å². The fourth-order valence-electron chi connectivity index (χ4n) is 1.30. The first-order chi connectivity index (χ1) is 6.11. The second kappa shape index (κ2) is 4.67. The normalized spacial score (nSPS) is 21.5. The van der Waals surface area contributed by atoms with Crippen molar-refractivity contribution in [3.05, 3.63) is 12.2 Å². The molecular weight excluding hydrogens is 184 g/mol. The molecule has 0 aliphatic carbocycles. The molecule has 0 radical (unpaired) electrons. The van der Waals surface area contributed by atoms with E-state index < -0.39 is 0 Å². The maximum atomic E-state index is 11.7. The molecule has 4 heteroatoms. The molecule has 0 aromatic carbocycles. The number of likely N-dealkylation sites (N-methyl/N-ethyl adjacent to an activating group) is 1. The van der Waals surface area contributed by atoms with Gasteiger partial charge in [-0.15, -0.1) is 11.8 Å². The topological polar surface area (TPSA) is 32.3 Å². The average molecular weight is 200 g/mol. The molecule has 1 amide bonds. The van der Waals surface area contributed by atoms with Gasteiger partial charge in [0.1, 0.15) is 0 Å². The predicted octanol–water partition coefficient (Wildman–Crippen LogP) is 0.683. The molecule has 0 aromatic rings. The third kappa shape index (κ3) is 3.04. The number of nitrogens with one attached hydrogen (secondary N) is 1. The van der Waals surface area contributed by atoms with E-state index >= 15 is 0 Å². The Bertz CT molecular complexity index is 212. The molecule has 1 atom stereocenters. The highest BCUT2D eigenvalue weighted by Crippen LogP contribution is 2.11. The summed E-state index contributed by atoms with van der Waals surface area (Å²) in [6.07, 6.45) is 0. The maximum Gasteiger partial charge on any atom is 0.240 e. The third-order valence-corrected chi connectivity index (χ3v) is 2.84. The van der Waals surface area contributed by atoms with E-state index in [0.717, 1.165) is 17.2 Å². The van der Waals surface area contributed by atoms with E-state index in [9.17, 15) is 4.79 Å². The summed E-state index contributed by atoms with van der Waals surface area (Å²) < 4.78 is 0. The van der Waals surface area contributed by atoms with Crippen LogP contribution in [0.3, 0.4) is 0 Å². The van der Waals surface area contributed by atoms with Crippen LogP contribution >= 0.6 is 11.8 Å². The van der Waals surface area contributed by atoms with Gasteiger partial charge in [-0.25, -0.2) is 0 Å². The van der Waals surface area contributed by atoms with Gasteiger partial charge in [0.25, 0.3) is 0 Å². The van der Waals surface area contributed by atoms with Crippen molar-refractivity contribution in [3.8, 4) is 0 Å². The molecule has 1 unspecified atom stereocenters. The summed E-state index contributed by atoms with van der Waals surface area (Å²) in [4.78, 5) is 13.4. The highest BCUT2D eigenvalue weighted by atomic mass is 32.2. The molecular formula is C9H16N2OS. The summed E-state index contributed by atoms with van der Waals surface area (Å²) in [5.74, 6) is 1.95. The van der Waals surface area contributed by atoms with Crippen molar-refractivity contribution in [1.29, 1.82) is 0 Å². The van der Waals surface area contributed by atoms with Crippen molar-refractivity contribution in [1.82, 2.24) is 10.2 Å². The van der Waals surface area contributed by atoms with Crippen LogP contribution in [0.25, 0.3) is 0 Å². The summed E-state index contributed by atoms with van der Waals surface area (Å²) in [5, 5.41) is 3.15. The minimum Gasteiger partial charge on any atom is -0.340 e. The standard InChI is InChI=1S/C9H16N2OS/c1-7(2)4-11(3)9(12)8-5-13-6-10-8/h8,10H,1,4-6H2,2-3H3. The van der Waals surface area contributed by atoms with Crippen molar-refractivity contribution in [2.24, 2.45) is 0 Å². The van der Waals surface area contributed by atoms with Crippen molar-refractivity contribution in [3.63, 3.8) is 0 Å². The van der Waals surface area contributed by atoms with Gasteiger partial charge in [-0.1, -0.05) is 12.2 Å². The minimum atomic E-state index is 0.00866. The summed E-state index contributed by atoms with van der Waals surface area (Å²) >= 11 is 1.77. The largest absolute Gasteiger partial charge is 0.340 e. The fourth-order valence-corrected chi connectivity index (χ4v) is 2.24. The van der Waals surface area contributed by atoms with E-state index in [1.807, 2.05) is 14.0 Å². The number of carbonyl (C=O) groups is 1. The molecule has 13 heavy (non-hydrogen) atoms. The zero-order chi connectivity index (χ0) is 9.84. The van der Waals surface area contributed by atoms with Crippen molar-refractivity contribution < 1.29 is 4.79 Å². The van der Waals surface area contributed by atoms with Gasteiger partial charge in [-0.2, -0.15) is 0 Å². The zero-order valence-corrected chi connectivity index (χ0v) is 8.99. The lowest BCUT2D eigenvalue weighted by molar-refractivity contribution is -0.130. The molecule has 74 valence electrons. The van der Waals surface area contributed by atoms with Crippen LogP contribution in [0.1, 0.15) is 6.92 Å². The fraction of sp³-hybridized carbons (Fsp3) is 0.667. The Kier molecular flexibility index (Phi) is 3.81. The van der Waals surface area contributed by atoms with Gasteiger partial charge in [0, 0.05) is 25.2 Å². The first-order valence-corrected chi connectivity index (χ1v) is 5.47. The number of hydrogen-bond acceptors (Lipinski definition) is 3. The van der Waals surface area contributed by atoms with Crippen LogP contribution in [-0.2, 0) is 4.79 Å². The van der Waals surface area contributed by atoms with E-state index in [0.29, 0.717) is 6.54 Å². The predicted molar refractivity (Wildman–Crippen MR) is 56.7 cm³/mol. The number of carbonyl (C=O) groups excluding carboxylic acids is 1. The molecule has 0 aromatic heterocycles. The lowest BCUT2D eigenvalue weighted by Crippen LogP contribution is -2.43. The minimum absolute atomic E-state index is 0.00866. The second-order valence-electron chi connectivity index (χ2n) is 3.42. The molecule has 1 saturated heterocycles. The molecule has 1 rings (SSSR count). The van der Waals surface area contributed by atoms with Gasteiger partial charge >= 0.3 is 0 Å². The molecule has 1 fully saturated rings. The van der Waals surface area contributed by atoms with Crippen LogP contribution in [0.5, 0.6) is 0 Å². The smallest absolute Gasteiger partial charge is 0.240 e. The van der Waals surface area contributed by atoms with Crippen LogP contribution in [0.15, 0.2) is 12.2 Å². The number of amides is 1. The Morgan fingerprint density at radius 3 is 2.92 bits per heavy atom. The van der Waals surface area contributed by atoms with Crippen LogP contribution in [-0.4, -0.2) is 42.1 Å². The first kappa shape index (κ1) is 10.6. The number of nitrogens with zero attached hydrogens (tertiary/aromatic N) is 1. The van der Waals surface area contributed by atoms with Crippen LogP contribution in [0.2, 0.25) is 0 Å². The average Bonchev–Trinajstić information content (AvgIpc) is 2.53. The Balaban J connectivity index is 2.41. The Morgan fingerprint density at radius 2 is 2.46 bits per heavy atom. The Morgan fingerprint density at radius 1 is 1.77 bits per heavy atom. The van der Waals surface area contributed by atoms with Gasteiger partial charge in [0.15, 0.2) is 0 Å². The van der Waals surface area contributed by atoms with Gasteiger partial charge in [0.2, 0.25) is 5.91 Å². The van der Waals surface area contributed by atoms with E-state index in [1.165, 1.54) is 0 Å². The summed E-state index contributed by atoms with van der Waals surface area (Å²) in [6.45, 7) is 6.37. The van der Waals surface area contributed by atoms with Crippen molar-refractivity contribution >= 4 is 17.7 Å². The molecule has 1 heterocycles. The Labute approximate surface area is 83.6 Å². The molecule has 0 spiro atoms. The van der Waals surface area contributed by atoms with Crippen LogP contribution in [0.4, 0.5) is 0 Å². The summed E-state index contributed by atoms with van der Waals surface area (Å²) in [6, 6.07) is 0.00866.